The number of anilines is 2. The molecule has 0 radical (unpaired) electrons. The second-order valence-corrected chi connectivity index (χ2v) is 6.44. The predicted molar refractivity (Wildman–Crippen MR) is 112 cm³/mol. The Balaban J connectivity index is 1.58. The second-order valence-electron chi connectivity index (χ2n) is 6.44. The van der Waals surface area contributed by atoms with Crippen LogP contribution in [0.25, 0.3) is 0 Å². The number of amides is 1. The van der Waals surface area contributed by atoms with Crippen molar-refractivity contribution in [1.82, 2.24) is 0 Å². The Morgan fingerprint density at radius 2 is 1.46 bits per heavy atom. The van der Waals surface area contributed by atoms with Crippen LogP contribution in [-0.4, -0.2) is 20.1 Å². The zero-order valence-electron chi connectivity index (χ0n) is 16.3. The highest BCUT2D eigenvalue weighted by molar-refractivity contribution is 6.04. The fraction of sp³-hybridized carbons (Fsp3) is 0.174. The van der Waals surface area contributed by atoms with Crippen LogP contribution < -0.4 is 20.1 Å². The molecule has 28 heavy (non-hydrogen) atoms. The number of hydrogen-bond acceptors (Lipinski definition) is 4. The summed E-state index contributed by atoms with van der Waals surface area (Å²) < 4.78 is 10.6. The summed E-state index contributed by atoms with van der Waals surface area (Å²) >= 11 is 0. The summed E-state index contributed by atoms with van der Waals surface area (Å²) in [7, 11) is 3.24. The molecule has 5 heteroatoms. The first-order chi connectivity index (χ1) is 13.6. The molecular weight excluding hydrogens is 352 g/mol. The van der Waals surface area contributed by atoms with Crippen molar-refractivity contribution >= 4 is 17.3 Å². The summed E-state index contributed by atoms with van der Waals surface area (Å²) in [6.45, 7) is 2.64. The number of ether oxygens (including phenoxy) is 2. The number of carbonyl (C=O) groups is 1. The van der Waals surface area contributed by atoms with Crippen LogP contribution >= 0.6 is 0 Å². The molecule has 0 aliphatic carbocycles. The lowest BCUT2D eigenvalue weighted by molar-refractivity contribution is 0.102. The highest BCUT2D eigenvalue weighted by atomic mass is 16.5. The fourth-order valence-electron chi connectivity index (χ4n) is 2.77. The van der Waals surface area contributed by atoms with Crippen LogP contribution in [0.2, 0.25) is 0 Å². The van der Waals surface area contributed by atoms with Gasteiger partial charge in [-0.25, -0.2) is 0 Å². The van der Waals surface area contributed by atoms with E-state index >= 15 is 0 Å². The Labute approximate surface area is 165 Å². The van der Waals surface area contributed by atoms with Gasteiger partial charge < -0.3 is 20.1 Å². The lowest BCUT2D eigenvalue weighted by atomic mass is 10.1. The van der Waals surface area contributed by atoms with E-state index in [2.05, 4.69) is 10.6 Å². The van der Waals surface area contributed by atoms with Gasteiger partial charge in [-0.1, -0.05) is 23.8 Å². The summed E-state index contributed by atoms with van der Waals surface area (Å²) in [5.74, 6) is 1.29. The lowest BCUT2D eigenvalue weighted by Gasteiger charge is -2.11. The molecule has 0 fully saturated rings. The predicted octanol–water partition coefficient (Wildman–Crippen LogP) is 4.88. The Kier molecular flexibility index (Phi) is 6.17. The molecule has 0 atom stereocenters. The third-order valence-corrected chi connectivity index (χ3v) is 4.40. The van der Waals surface area contributed by atoms with E-state index in [4.69, 9.17) is 9.47 Å². The molecule has 1 amide bonds. The minimum atomic E-state index is -0.119. The molecule has 2 N–H and O–H groups in total. The maximum Gasteiger partial charge on any atom is 0.255 e. The van der Waals surface area contributed by atoms with Gasteiger partial charge in [-0.05, 0) is 61.0 Å². The van der Waals surface area contributed by atoms with Crippen molar-refractivity contribution in [3.63, 3.8) is 0 Å². The van der Waals surface area contributed by atoms with Gasteiger partial charge in [-0.15, -0.1) is 0 Å². The van der Waals surface area contributed by atoms with Gasteiger partial charge in [0.15, 0.2) is 11.5 Å². The van der Waals surface area contributed by atoms with Crippen molar-refractivity contribution in [1.29, 1.82) is 0 Å². The highest BCUT2D eigenvalue weighted by Gasteiger charge is 2.06. The molecule has 0 heterocycles. The first-order valence-electron chi connectivity index (χ1n) is 9.02. The normalized spacial score (nSPS) is 10.2. The Morgan fingerprint density at radius 1 is 0.821 bits per heavy atom. The second kappa shape index (κ2) is 8.95. The third-order valence-electron chi connectivity index (χ3n) is 4.40. The lowest BCUT2D eigenvalue weighted by Crippen LogP contribution is -2.11. The molecule has 3 aromatic rings. The fourth-order valence-corrected chi connectivity index (χ4v) is 2.77. The van der Waals surface area contributed by atoms with E-state index in [-0.39, 0.29) is 5.91 Å². The molecule has 0 spiro atoms. The molecule has 0 aliphatic heterocycles. The number of carbonyl (C=O) groups excluding carboxylic acids is 1. The molecule has 0 saturated heterocycles. The Bertz CT molecular complexity index is 935. The third kappa shape index (κ3) is 4.82. The molecular formula is C23H24N2O3. The zero-order valence-corrected chi connectivity index (χ0v) is 16.3. The summed E-state index contributed by atoms with van der Waals surface area (Å²) in [5.41, 5.74) is 4.56. The molecule has 3 rings (SSSR count). The number of aryl methyl sites for hydroxylation is 1. The van der Waals surface area contributed by atoms with E-state index in [1.807, 2.05) is 73.7 Å². The van der Waals surface area contributed by atoms with Crippen LogP contribution in [0, 0.1) is 6.92 Å². The number of nitrogens with one attached hydrogen (secondary N) is 2. The largest absolute Gasteiger partial charge is 0.493 e. The average molecular weight is 376 g/mol. The van der Waals surface area contributed by atoms with Crippen LogP contribution in [0.3, 0.4) is 0 Å². The van der Waals surface area contributed by atoms with Crippen molar-refractivity contribution in [2.45, 2.75) is 13.5 Å². The van der Waals surface area contributed by atoms with Crippen LogP contribution in [0.15, 0.2) is 66.7 Å². The molecule has 0 unspecified atom stereocenters. The van der Waals surface area contributed by atoms with Gasteiger partial charge in [0.2, 0.25) is 0 Å². The maximum atomic E-state index is 12.3. The van der Waals surface area contributed by atoms with E-state index in [9.17, 15) is 4.79 Å². The van der Waals surface area contributed by atoms with Crippen molar-refractivity contribution in [2.24, 2.45) is 0 Å². The molecule has 0 saturated carbocycles. The number of benzene rings is 3. The minimum Gasteiger partial charge on any atom is -0.493 e. The van der Waals surface area contributed by atoms with E-state index in [1.54, 1.807) is 14.2 Å². The van der Waals surface area contributed by atoms with E-state index in [0.717, 1.165) is 22.5 Å². The van der Waals surface area contributed by atoms with Crippen molar-refractivity contribution in [2.75, 3.05) is 24.9 Å². The standard InChI is InChI=1S/C23H24N2O3/c1-16-4-7-18(8-5-16)23(26)25-20-11-9-19(10-12-20)24-15-17-6-13-21(27-2)22(14-17)28-3/h4-14,24H,15H2,1-3H3,(H,25,26). The molecule has 0 aromatic heterocycles. The quantitative estimate of drug-likeness (QED) is 0.617. The Morgan fingerprint density at radius 3 is 2.11 bits per heavy atom. The maximum absolute atomic E-state index is 12.3. The topological polar surface area (TPSA) is 59.6 Å². The van der Waals surface area contributed by atoms with Crippen molar-refractivity contribution < 1.29 is 14.3 Å². The van der Waals surface area contributed by atoms with Crippen LogP contribution in [-0.2, 0) is 6.54 Å². The summed E-state index contributed by atoms with van der Waals surface area (Å²) in [4.78, 5) is 12.3. The van der Waals surface area contributed by atoms with Gasteiger partial charge >= 0.3 is 0 Å². The van der Waals surface area contributed by atoms with Gasteiger partial charge in [-0.2, -0.15) is 0 Å². The summed E-state index contributed by atoms with van der Waals surface area (Å²) in [5, 5.41) is 6.27. The first kappa shape index (κ1) is 19.3. The monoisotopic (exact) mass is 376 g/mol. The number of methoxy groups -OCH3 is 2. The van der Waals surface area contributed by atoms with E-state index in [1.165, 1.54) is 0 Å². The smallest absolute Gasteiger partial charge is 0.255 e. The van der Waals surface area contributed by atoms with Crippen molar-refractivity contribution in [3.8, 4) is 11.5 Å². The molecule has 0 bridgehead atoms. The van der Waals surface area contributed by atoms with Gasteiger partial charge in [0.1, 0.15) is 0 Å². The van der Waals surface area contributed by atoms with Gasteiger partial charge in [0.25, 0.3) is 5.91 Å². The molecule has 0 aliphatic rings. The number of hydrogen-bond donors (Lipinski definition) is 2. The molecule has 3 aromatic carbocycles. The van der Waals surface area contributed by atoms with Gasteiger partial charge in [-0.3, -0.25) is 4.79 Å². The first-order valence-corrected chi connectivity index (χ1v) is 9.02. The highest BCUT2D eigenvalue weighted by Crippen LogP contribution is 2.28. The minimum absolute atomic E-state index is 0.119. The number of rotatable bonds is 7. The van der Waals surface area contributed by atoms with Crippen LogP contribution in [0.1, 0.15) is 21.5 Å². The zero-order chi connectivity index (χ0) is 19.9. The summed E-state index contributed by atoms with van der Waals surface area (Å²) in [6.07, 6.45) is 0. The van der Waals surface area contributed by atoms with Gasteiger partial charge in [0, 0.05) is 23.5 Å². The van der Waals surface area contributed by atoms with Crippen LogP contribution in [0.4, 0.5) is 11.4 Å². The molecule has 5 nitrogen and oxygen atoms in total. The van der Waals surface area contributed by atoms with E-state index in [0.29, 0.717) is 23.6 Å². The molecule has 144 valence electrons. The van der Waals surface area contributed by atoms with Crippen LogP contribution in [0.5, 0.6) is 11.5 Å². The SMILES string of the molecule is COc1ccc(CNc2ccc(NC(=O)c3ccc(C)cc3)cc2)cc1OC. The van der Waals surface area contributed by atoms with Gasteiger partial charge in [0.05, 0.1) is 14.2 Å². The Hall–Kier alpha value is -3.47. The average Bonchev–Trinajstić information content (AvgIpc) is 2.73. The van der Waals surface area contributed by atoms with E-state index < -0.39 is 0 Å². The van der Waals surface area contributed by atoms with Crippen molar-refractivity contribution in [3.05, 3.63) is 83.4 Å². The summed E-state index contributed by atoms with van der Waals surface area (Å²) in [6, 6.07) is 21.0.